The molecule has 60 heavy (non-hydrogen) atoms. The van der Waals surface area contributed by atoms with E-state index in [1.165, 1.54) is 0 Å². The van der Waals surface area contributed by atoms with Gasteiger partial charge in [-0.3, -0.25) is 44.2 Å². The number of hydrogen-bond acceptors (Lipinski definition) is 12. The number of fused-ring (bicyclic) bond motifs is 2. The molecule has 5 aliphatic heterocycles. The van der Waals surface area contributed by atoms with E-state index in [9.17, 15) is 24.0 Å². The molecule has 7 heterocycles. The number of carbonyl (C=O) groups excluding carboxylic acids is 5. The predicted molar refractivity (Wildman–Crippen MR) is 221 cm³/mol. The van der Waals surface area contributed by atoms with Crippen molar-refractivity contribution in [2.45, 2.75) is 69.9 Å². The standard InChI is InChI=1S/C44H50N10O6/c1-44(11-12-44)60-30-3-5-34-33(22-30)40(49-48-34)35-23-37(46-26-45-35)52-18-16-50(17-19-52)24-28-10-15-53(39(56)20-28)25-27-8-13-51(14-9-27)29-2-4-31-32(21-29)43(59)54(42(31)58)36-6-7-38(55)47-41(36)57/h2-5,21-23,26-28,36H,6-20,24-25H2,1H3,(H,48,49)(H,47,55,57)/t28-,36?/m1/s1. The number of nitrogens with one attached hydrogen (secondary N) is 2. The van der Waals surface area contributed by atoms with Gasteiger partial charge in [0, 0.05) is 88.9 Å². The normalized spacial score (nSPS) is 23.7. The van der Waals surface area contributed by atoms with Crippen molar-refractivity contribution in [1.29, 1.82) is 0 Å². The molecule has 0 spiro atoms. The first-order valence-electron chi connectivity index (χ1n) is 21.4. The van der Waals surface area contributed by atoms with Gasteiger partial charge in [-0.2, -0.15) is 5.10 Å². The van der Waals surface area contributed by atoms with Crippen LogP contribution in [0.15, 0.2) is 48.8 Å². The van der Waals surface area contributed by atoms with Gasteiger partial charge in [-0.1, -0.05) is 0 Å². The van der Waals surface area contributed by atoms with Crippen LogP contribution >= 0.6 is 0 Å². The maximum Gasteiger partial charge on any atom is 0.262 e. The Morgan fingerprint density at radius 2 is 1.57 bits per heavy atom. The molecule has 2 aromatic carbocycles. The lowest BCUT2D eigenvalue weighted by Crippen LogP contribution is -2.54. The lowest BCUT2D eigenvalue weighted by molar-refractivity contribution is -0.137. The molecule has 16 nitrogen and oxygen atoms in total. The second-order valence-electron chi connectivity index (χ2n) is 17.7. The van der Waals surface area contributed by atoms with E-state index in [2.05, 4.69) is 52.0 Å². The highest BCUT2D eigenvalue weighted by Gasteiger charge is 2.45. The Bertz CT molecular complexity index is 2380. The van der Waals surface area contributed by atoms with Crippen LogP contribution in [0.4, 0.5) is 11.5 Å². The number of imide groups is 2. The van der Waals surface area contributed by atoms with Crippen molar-refractivity contribution < 1.29 is 28.7 Å². The second-order valence-corrected chi connectivity index (χ2v) is 17.7. The van der Waals surface area contributed by atoms with Crippen molar-refractivity contribution in [2.24, 2.45) is 11.8 Å². The number of aromatic nitrogens is 4. The van der Waals surface area contributed by atoms with Gasteiger partial charge in [0.25, 0.3) is 11.8 Å². The molecule has 5 amide bonds. The molecule has 2 aromatic heterocycles. The molecule has 5 fully saturated rings. The zero-order valence-electron chi connectivity index (χ0n) is 33.9. The molecule has 10 rings (SSSR count). The van der Waals surface area contributed by atoms with Gasteiger partial charge in [0.2, 0.25) is 17.7 Å². The van der Waals surface area contributed by atoms with E-state index < -0.39 is 29.7 Å². The summed E-state index contributed by atoms with van der Waals surface area (Å²) >= 11 is 0. The number of piperidine rings is 3. The zero-order valence-corrected chi connectivity index (χ0v) is 33.9. The smallest absolute Gasteiger partial charge is 0.262 e. The molecule has 4 aromatic rings. The van der Waals surface area contributed by atoms with Crippen LogP contribution in [0.3, 0.4) is 0 Å². The number of H-pyrrole nitrogens is 1. The number of amides is 5. The maximum absolute atomic E-state index is 13.4. The summed E-state index contributed by atoms with van der Waals surface area (Å²) in [5.74, 6) is 0.720. The Morgan fingerprint density at radius 3 is 2.33 bits per heavy atom. The molecule has 1 saturated carbocycles. The highest BCUT2D eigenvalue weighted by Crippen LogP contribution is 2.41. The van der Waals surface area contributed by atoms with Crippen molar-refractivity contribution in [3.05, 3.63) is 59.9 Å². The van der Waals surface area contributed by atoms with Crippen LogP contribution in [0.5, 0.6) is 5.75 Å². The van der Waals surface area contributed by atoms with Gasteiger partial charge in [0.15, 0.2) is 0 Å². The molecule has 2 atom stereocenters. The monoisotopic (exact) mass is 814 g/mol. The quantitative estimate of drug-likeness (QED) is 0.223. The Hall–Kier alpha value is -5.90. The summed E-state index contributed by atoms with van der Waals surface area (Å²) in [4.78, 5) is 83.3. The summed E-state index contributed by atoms with van der Waals surface area (Å²) < 4.78 is 6.22. The third kappa shape index (κ3) is 7.45. The molecular formula is C44H50N10O6. The first kappa shape index (κ1) is 38.3. The number of carbonyl (C=O) groups is 5. The molecule has 4 saturated heterocycles. The van der Waals surface area contributed by atoms with Gasteiger partial charge < -0.3 is 19.4 Å². The number of benzene rings is 2. The number of likely N-dealkylation sites (tertiary alicyclic amines) is 1. The largest absolute Gasteiger partial charge is 0.488 e. The van der Waals surface area contributed by atoms with Crippen molar-refractivity contribution in [3.63, 3.8) is 0 Å². The van der Waals surface area contributed by atoms with E-state index in [1.807, 2.05) is 30.3 Å². The second kappa shape index (κ2) is 15.3. The minimum absolute atomic E-state index is 0.0613. The summed E-state index contributed by atoms with van der Waals surface area (Å²) in [6.07, 6.45) is 7.41. The minimum Gasteiger partial charge on any atom is -0.488 e. The van der Waals surface area contributed by atoms with E-state index in [0.717, 1.165) is 135 Å². The Morgan fingerprint density at radius 1 is 0.783 bits per heavy atom. The van der Waals surface area contributed by atoms with Crippen molar-refractivity contribution in [2.75, 3.05) is 68.7 Å². The average Bonchev–Trinajstić information content (AvgIpc) is 3.74. The first-order chi connectivity index (χ1) is 29.1. The molecule has 6 aliphatic rings. The predicted octanol–water partition coefficient (Wildman–Crippen LogP) is 3.63. The van der Waals surface area contributed by atoms with Crippen LogP contribution in [0, 0.1) is 11.8 Å². The van der Waals surface area contributed by atoms with Crippen molar-refractivity contribution in [3.8, 4) is 17.1 Å². The fraction of sp³-hybridized carbons (Fsp3) is 0.500. The van der Waals surface area contributed by atoms with Gasteiger partial charge in [0.05, 0.1) is 22.3 Å². The number of nitrogens with zero attached hydrogens (tertiary/aromatic N) is 8. The van der Waals surface area contributed by atoms with Crippen molar-refractivity contribution >= 4 is 51.9 Å². The number of piperazine rings is 1. The number of rotatable bonds is 10. The third-order valence-corrected chi connectivity index (χ3v) is 13.5. The molecule has 0 bridgehead atoms. The van der Waals surface area contributed by atoms with Gasteiger partial charge in [-0.05, 0) is 93.7 Å². The molecule has 1 aliphatic carbocycles. The molecule has 2 N–H and O–H groups in total. The van der Waals surface area contributed by atoms with Crippen LogP contribution in [-0.2, 0) is 14.4 Å². The van der Waals surface area contributed by atoms with Crippen LogP contribution in [0.2, 0.25) is 0 Å². The highest BCUT2D eigenvalue weighted by molar-refractivity contribution is 6.23. The summed E-state index contributed by atoms with van der Waals surface area (Å²) in [7, 11) is 0. The van der Waals surface area contributed by atoms with Gasteiger partial charge in [0.1, 0.15) is 35.2 Å². The van der Waals surface area contributed by atoms with Crippen LogP contribution in [0.1, 0.15) is 79.0 Å². The van der Waals surface area contributed by atoms with Gasteiger partial charge >= 0.3 is 0 Å². The Labute approximate surface area is 347 Å². The fourth-order valence-electron chi connectivity index (χ4n) is 9.62. The topological polar surface area (TPSA) is 177 Å². The zero-order chi connectivity index (χ0) is 41.1. The maximum atomic E-state index is 13.4. The first-order valence-corrected chi connectivity index (χ1v) is 21.4. The number of ether oxygens (including phenoxy) is 1. The van der Waals surface area contributed by atoms with E-state index in [-0.39, 0.29) is 29.9 Å². The summed E-state index contributed by atoms with van der Waals surface area (Å²) in [5.41, 5.74) is 3.88. The number of hydrogen-bond donors (Lipinski definition) is 2. The van der Waals surface area contributed by atoms with Gasteiger partial charge in [-0.25, -0.2) is 9.97 Å². The summed E-state index contributed by atoms with van der Waals surface area (Å²) in [5, 5.41) is 11.0. The SMILES string of the molecule is CC1(Oc2ccc3[nH]nc(-c4cc(N5CCN(C[C@@H]6CCN(CC7CCN(c8ccc9c(c8)C(=O)N(C8CCC(=O)NC8=O)C9=O)CC7)C(=O)C6)CC5)ncn4)c3c2)CC1. The van der Waals surface area contributed by atoms with Crippen LogP contribution in [0.25, 0.3) is 22.3 Å². The lowest BCUT2D eigenvalue weighted by atomic mass is 9.91. The van der Waals surface area contributed by atoms with E-state index >= 15 is 0 Å². The third-order valence-electron chi connectivity index (χ3n) is 13.5. The molecular weight excluding hydrogens is 765 g/mol. The molecule has 16 heteroatoms. The van der Waals surface area contributed by atoms with Gasteiger partial charge in [-0.15, -0.1) is 0 Å². The van der Waals surface area contributed by atoms with E-state index in [1.54, 1.807) is 18.5 Å². The molecule has 1 unspecified atom stereocenters. The number of anilines is 2. The Kier molecular flexibility index (Phi) is 9.76. The van der Waals surface area contributed by atoms with Crippen LogP contribution < -0.4 is 19.9 Å². The average molecular weight is 815 g/mol. The van der Waals surface area contributed by atoms with Crippen molar-refractivity contribution in [1.82, 2.24) is 40.2 Å². The van der Waals surface area contributed by atoms with E-state index in [4.69, 9.17) is 4.74 Å². The fourth-order valence-corrected chi connectivity index (χ4v) is 9.62. The van der Waals surface area contributed by atoms with Crippen LogP contribution in [-0.4, -0.2) is 135 Å². The molecule has 312 valence electrons. The lowest BCUT2D eigenvalue weighted by Gasteiger charge is -2.40. The summed E-state index contributed by atoms with van der Waals surface area (Å²) in [6.45, 7) is 9.68. The van der Waals surface area contributed by atoms with E-state index in [0.29, 0.717) is 23.8 Å². The highest BCUT2D eigenvalue weighted by atomic mass is 16.5. The minimum atomic E-state index is -0.981. The molecule has 0 radical (unpaired) electrons. The Balaban J connectivity index is 0.679. The summed E-state index contributed by atoms with van der Waals surface area (Å²) in [6, 6.07) is 12.4. The number of aromatic amines is 1.